The lowest BCUT2D eigenvalue weighted by atomic mass is 10.1. The Hall–Kier alpha value is -3.81. The van der Waals surface area contributed by atoms with Crippen molar-refractivity contribution in [1.29, 1.82) is 0 Å². The maximum absolute atomic E-state index is 11.0. The zero-order valence-corrected chi connectivity index (χ0v) is 17.5. The molecule has 31 heavy (non-hydrogen) atoms. The third-order valence-electron chi connectivity index (χ3n) is 4.52. The molecule has 8 heteroatoms. The Morgan fingerprint density at radius 3 is 2.58 bits per heavy atom. The average molecular weight is 423 g/mol. The molecule has 1 aromatic heterocycles. The van der Waals surface area contributed by atoms with Crippen LogP contribution in [0.1, 0.15) is 24.5 Å². The van der Waals surface area contributed by atoms with Gasteiger partial charge in [-0.05, 0) is 36.2 Å². The number of ether oxygens (including phenoxy) is 2. The maximum atomic E-state index is 11.0. The summed E-state index contributed by atoms with van der Waals surface area (Å²) in [6.07, 6.45) is 4.20. The van der Waals surface area contributed by atoms with Gasteiger partial charge in [-0.1, -0.05) is 36.3 Å². The number of carboxylic acids is 1. The second-order valence-electron chi connectivity index (χ2n) is 6.59. The van der Waals surface area contributed by atoms with Crippen molar-refractivity contribution in [3.8, 4) is 17.2 Å². The average Bonchev–Trinajstić information content (AvgIpc) is 3.31. The van der Waals surface area contributed by atoms with Crippen LogP contribution in [0.3, 0.4) is 0 Å². The second-order valence-corrected chi connectivity index (χ2v) is 6.59. The van der Waals surface area contributed by atoms with Crippen LogP contribution in [0.5, 0.6) is 11.5 Å². The zero-order chi connectivity index (χ0) is 22.1. The van der Waals surface area contributed by atoms with Gasteiger partial charge in [0.2, 0.25) is 0 Å². The van der Waals surface area contributed by atoms with E-state index in [0.29, 0.717) is 23.5 Å². The minimum Gasteiger partial charge on any atom is -0.493 e. The van der Waals surface area contributed by atoms with Gasteiger partial charge in [0.1, 0.15) is 6.61 Å². The Morgan fingerprint density at radius 2 is 1.94 bits per heavy atom. The van der Waals surface area contributed by atoms with Crippen molar-refractivity contribution in [2.24, 2.45) is 5.16 Å². The van der Waals surface area contributed by atoms with Crippen LogP contribution in [0, 0.1) is 0 Å². The molecular formula is C23H25N3O5. The number of nitrogens with zero attached hydrogens (tertiary/aromatic N) is 3. The molecule has 0 unspecified atom stereocenters. The molecule has 0 fully saturated rings. The van der Waals surface area contributed by atoms with Crippen LogP contribution in [0.2, 0.25) is 0 Å². The van der Waals surface area contributed by atoms with E-state index in [-0.39, 0.29) is 19.6 Å². The van der Waals surface area contributed by atoms with E-state index in [1.807, 2.05) is 43.5 Å². The summed E-state index contributed by atoms with van der Waals surface area (Å²) in [6, 6.07) is 15.0. The van der Waals surface area contributed by atoms with Crippen LogP contribution < -0.4 is 9.47 Å². The highest BCUT2D eigenvalue weighted by Crippen LogP contribution is 2.31. The zero-order valence-electron chi connectivity index (χ0n) is 17.5. The summed E-state index contributed by atoms with van der Waals surface area (Å²) in [4.78, 5) is 16.4. The highest BCUT2D eigenvalue weighted by Gasteiger charge is 2.13. The number of hydrogen-bond donors (Lipinski definition) is 1. The van der Waals surface area contributed by atoms with Crippen LogP contribution in [-0.4, -0.2) is 46.9 Å². The molecular weight excluding hydrogens is 398 g/mol. The van der Waals surface area contributed by atoms with Crippen molar-refractivity contribution in [3.05, 3.63) is 72.1 Å². The Morgan fingerprint density at radius 1 is 1.13 bits per heavy atom. The fourth-order valence-electron chi connectivity index (χ4n) is 3.07. The van der Waals surface area contributed by atoms with Gasteiger partial charge in [0.15, 0.2) is 18.1 Å². The fourth-order valence-corrected chi connectivity index (χ4v) is 3.07. The molecule has 2 aromatic carbocycles. The summed E-state index contributed by atoms with van der Waals surface area (Å²) in [6.45, 7) is 2.49. The van der Waals surface area contributed by atoms with E-state index < -0.39 is 5.97 Å². The molecule has 8 nitrogen and oxygen atoms in total. The first kappa shape index (κ1) is 21.9. The second kappa shape index (κ2) is 10.8. The third kappa shape index (κ3) is 5.85. The molecule has 0 aliphatic rings. The van der Waals surface area contributed by atoms with E-state index in [1.165, 1.54) is 7.11 Å². The number of oxime groups is 1. The van der Waals surface area contributed by atoms with Gasteiger partial charge in [0.05, 0.1) is 24.9 Å². The Labute approximate surface area is 180 Å². The first-order valence-corrected chi connectivity index (χ1v) is 9.92. The van der Waals surface area contributed by atoms with Gasteiger partial charge in [-0.15, -0.1) is 0 Å². The lowest BCUT2D eigenvalue weighted by Gasteiger charge is -2.13. The number of carbonyl (C=O) groups is 1. The van der Waals surface area contributed by atoms with Crippen LogP contribution in [-0.2, 0) is 16.1 Å². The summed E-state index contributed by atoms with van der Waals surface area (Å²) in [5.74, 6) is -0.0449. The van der Waals surface area contributed by atoms with Gasteiger partial charge >= 0.3 is 5.97 Å². The van der Waals surface area contributed by atoms with Crippen LogP contribution in [0.25, 0.3) is 5.69 Å². The number of aromatic nitrogens is 2. The quantitative estimate of drug-likeness (QED) is 0.287. The summed E-state index contributed by atoms with van der Waals surface area (Å²) < 4.78 is 12.8. The van der Waals surface area contributed by atoms with E-state index >= 15 is 0 Å². The summed E-state index contributed by atoms with van der Waals surface area (Å²) in [5.41, 5.74) is 3.33. The van der Waals surface area contributed by atoms with Gasteiger partial charge in [-0.25, -0.2) is 4.68 Å². The Kier molecular flexibility index (Phi) is 7.64. The molecule has 3 aromatic rings. The minimum absolute atomic E-state index is 0.139. The van der Waals surface area contributed by atoms with Crippen molar-refractivity contribution in [1.82, 2.24) is 9.78 Å². The summed E-state index contributed by atoms with van der Waals surface area (Å²) >= 11 is 0. The van der Waals surface area contributed by atoms with E-state index in [9.17, 15) is 4.79 Å². The smallest absolute Gasteiger partial charge is 0.307 e. The number of aliphatic carboxylic acids is 1. The molecule has 0 aliphatic carbocycles. The van der Waals surface area contributed by atoms with Gasteiger partial charge in [-0.2, -0.15) is 5.10 Å². The largest absolute Gasteiger partial charge is 0.493 e. The molecule has 0 atom stereocenters. The predicted molar refractivity (Wildman–Crippen MR) is 116 cm³/mol. The van der Waals surface area contributed by atoms with E-state index in [0.717, 1.165) is 17.0 Å². The molecule has 0 amide bonds. The number of methoxy groups -OCH3 is 1. The van der Waals surface area contributed by atoms with E-state index in [2.05, 4.69) is 10.3 Å². The monoisotopic (exact) mass is 423 g/mol. The van der Waals surface area contributed by atoms with Crippen molar-refractivity contribution in [2.45, 2.75) is 19.8 Å². The molecule has 3 rings (SSSR count). The van der Waals surface area contributed by atoms with Crippen molar-refractivity contribution < 1.29 is 24.2 Å². The number of benzene rings is 2. The lowest BCUT2D eigenvalue weighted by molar-refractivity contribution is -0.136. The maximum Gasteiger partial charge on any atom is 0.307 e. The van der Waals surface area contributed by atoms with Crippen molar-refractivity contribution in [2.75, 3.05) is 20.3 Å². The summed E-state index contributed by atoms with van der Waals surface area (Å²) in [5, 5.41) is 17.5. The highest BCUT2D eigenvalue weighted by atomic mass is 16.6. The fraction of sp³-hybridized carbons (Fsp3) is 0.261. The highest BCUT2D eigenvalue weighted by molar-refractivity contribution is 6.00. The molecule has 1 N–H and O–H groups in total. The predicted octanol–water partition coefficient (Wildman–Crippen LogP) is 3.72. The van der Waals surface area contributed by atoms with E-state index in [4.69, 9.17) is 19.4 Å². The Balaban J connectivity index is 1.56. The molecule has 0 bridgehead atoms. The topological polar surface area (TPSA) is 95.2 Å². The van der Waals surface area contributed by atoms with E-state index in [1.54, 1.807) is 29.1 Å². The molecule has 1 heterocycles. The SMILES string of the molecule is CC/C(=N\OCCOc1cccc(CC(=O)O)c1OC)c1ccc(-n2cccn2)cc1. The molecule has 0 saturated carbocycles. The molecule has 0 aliphatic heterocycles. The Bertz CT molecular complexity index is 1010. The number of hydrogen-bond acceptors (Lipinski definition) is 6. The first-order chi connectivity index (χ1) is 15.1. The molecule has 0 spiro atoms. The minimum atomic E-state index is -0.933. The van der Waals surface area contributed by atoms with Gasteiger partial charge in [0, 0.05) is 18.0 Å². The van der Waals surface area contributed by atoms with Gasteiger partial charge < -0.3 is 19.4 Å². The molecule has 0 radical (unpaired) electrons. The van der Waals surface area contributed by atoms with Crippen LogP contribution in [0.4, 0.5) is 0 Å². The molecule has 0 saturated heterocycles. The van der Waals surface area contributed by atoms with Crippen molar-refractivity contribution >= 4 is 11.7 Å². The molecule has 162 valence electrons. The first-order valence-electron chi connectivity index (χ1n) is 9.92. The third-order valence-corrected chi connectivity index (χ3v) is 4.52. The lowest BCUT2D eigenvalue weighted by Crippen LogP contribution is -2.09. The van der Waals surface area contributed by atoms with Crippen LogP contribution in [0.15, 0.2) is 66.1 Å². The number of para-hydroxylation sites is 1. The van der Waals surface area contributed by atoms with Crippen molar-refractivity contribution in [3.63, 3.8) is 0 Å². The normalized spacial score (nSPS) is 11.2. The number of rotatable bonds is 11. The standard InChI is InChI=1S/C23H25N3O5/c1-3-20(17-8-10-19(11-9-17)26-13-5-12-24-26)25-31-15-14-30-21-7-4-6-18(16-22(27)28)23(21)29-2/h4-13H,3,14-16H2,1-2H3,(H,27,28)/b25-20+. The van der Waals surface area contributed by atoms with Crippen LogP contribution >= 0.6 is 0 Å². The number of carboxylic acid groups (broad SMARTS) is 1. The summed E-state index contributed by atoms with van der Waals surface area (Å²) in [7, 11) is 1.49. The van der Waals surface area contributed by atoms with Gasteiger partial charge in [-0.3, -0.25) is 4.79 Å². The van der Waals surface area contributed by atoms with Gasteiger partial charge in [0.25, 0.3) is 0 Å².